The Hall–Kier alpha value is -4.20. The summed E-state index contributed by atoms with van der Waals surface area (Å²) < 4.78 is 39.3. The number of hydrogen-bond acceptors (Lipinski definition) is 5. The average Bonchev–Trinajstić information content (AvgIpc) is 3.05. The van der Waals surface area contributed by atoms with Crippen molar-refractivity contribution in [1.29, 1.82) is 0 Å². The van der Waals surface area contributed by atoms with Gasteiger partial charge in [-0.1, -0.05) is 24.3 Å². The highest BCUT2D eigenvalue weighted by atomic mass is 19.1. The number of ether oxygens (including phenoxy) is 2. The lowest BCUT2D eigenvalue weighted by Gasteiger charge is -2.16. The molecule has 1 aliphatic heterocycles. The molecule has 0 saturated carbocycles. The van der Waals surface area contributed by atoms with Crippen LogP contribution in [-0.4, -0.2) is 25.5 Å². The van der Waals surface area contributed by atoms with E-state index in [-0.39, 0.29) is 11.3 Å². The normalized spacial score (nSPS) is 13.5. The van der Waals surface area contributed by atoms with E-state index >= 15 is 0 Å². The van der Waals surface area contributed by atoms with Crippen LogP contribution >= 0.6 is 0 Å². The van der Waals surface area contributed by atoms with E-state index in [2.05, 4.69) is 5.32 Å². The summed E-state index contributed by atoms with van der Waals surface area (Å²) in [5, 5.41) is 2.97. The largest absolute Gasteiger partial charge is 0.496 e. The maximum Gasteiger partial charge on any atom is 0.282 e. The summed E-state index contributed by atoms with van der Waals surface area (Å²) in [6, 6.07) is 16.1. The van der Waals surface area contributed by atoms with Crippen LogP contribution in [0.25, 0.3) is 5.57 Å². The Balaban J connectivity index is 1.86. The molecular weight excluding hydrogens is 430 g/mol. The molecule has 0 spiro atoms. The highest BCUT2D eigenvalue weighted by molar-refractivity contribution is 6.46. The summed E-state index contributed by atoms with van der Waals surface area (Å²) >= 11 is 0. The van der Waals surface area contributed by atoms with Gasteiger partial charge in [0.15, 0.2) is 0 Å². The highest BCUT2D eigenvalue weighted by Gasteiger charge is 2.42. The fourth-order valence-electron chi connectivity index (χ4n) is 3.60. The first-order valence-corrected chi connectivity index (χ1v) is 10.2. The van der Waals surface area contributed by atoms with Gasteiger partial charge in [0.25, 0.3) is 11.8 Å². The predicted molar refractivity (Wildman–Crippen MR) is 120 cm³/mol. The van der Waals surface area contributed by atoms with Crippen molar-refractivity contribution in [2.24, 2.45) is 0 Å². The lowest BCUT2D eigenvalue weighted by molar-refractivity contribution is -0.120. The Morgan fingerprint density at radius 1 is 0.939 bits per heavy atom. The van der Waals surface area contributed by atoms with Crippen LogP contribution in [0.2, 0.25) is 0 Å². The topological polar surface area (TPSA) is 67.9 Å². The Labute approximate surface area is 189 Å². The van der Waals surface area contributed by atoms with Gasteiger partial charge >= 0.3 is 0 Å². The number of para-hydroxylation sites is 1. The fourth-order valence-corrected chi connectivity index (χ4v) is 3.60. The molecule has 0 aliphatic carbocycles. The molecule has 8 heteroatoms. The van der Waals surface area contributed by atoms with Crippen molar-refractivity contribution in [3.8, 4) is 11.5 Å². The number of halogens is 2. The Bertz CT molecular complexity index is 1270. The second-order valence-electron chi connectivity index (χ2n) is 7.08. The number of carbonyl (C=O) groups is 2. The molecule has 0 aromatic heterocycles. The van der Waals surface area contributed by atoms with E-state index in [1.807, 2.05) is 6.92 Å². The van der Waals surface area contributed by atoms with Crippen LogP contribution < -0.4 is 19.7 Å². The van der Waals surface area contributed by atoms with Gasteiger partial charge in [-0.25, -0.2) is 13.7 Å². The molecule has 33 heavy (non-hydrogen) atoms. The second-order valence-corrected chi connectivity index (χ2v) is 7.08. The standard InChI is InChI=1S/C25H20F2N2O4/c1-3-33-17-8-6-7-16(14-17)28-23-22(18-9-4-5-10-21(18)32-2)24(30)29(25(23)31)20-13-15(26)11-12-19(20)27/h4-14,28H,3H2,1-2H3. The molecule has 168 valence electrons. The van der Waals surface area contributed by atoms with E-state index in [1.54, 1.807) is 48.5 Å². The van der Waals surface area contributed by atoms with Gasteiger partial charge in [-0.2, -0.15) is 0 Å². The Kier molecular flexibility index (Phi) is 6.08. The molecule has 1 aliphatic rings. The Morgan fingerprint density at radius 2 is 1.73 bits per heavy atom. The van der Waals surface area contributed by atoms with Crippen LogP contribution in [0.1, 0.15) is 12.5 Å². The monoisotopic (exact) mass is 450 g/mol. The zero-order valence-corrected chi connectivity index (χ0v) is 17.9. The number of amides is 2. The van der Waals surface area contributed by atoms with Crippen molar-refractivity contribution >= 4 is 28.8 Å². The number of carbonyl (C=O) groups excluding carboxylic acids is 2. The van der Waals surface area contributed by atoms with Crippen molar-refractivity contribution in [2.45, 2.75) is 6.92 Å². The van der Waals surface area contributed by atoms with Crippen LogP contribution in [0.15, 0.2) is 72.4 Å². The van der Waals surface area contributed by atoms with E-state index in [1.165, 1.54) is 7.11 Å². The molecule has 0 bridgehead atoms. The third kappa shape index (κ3) is 4.15. The lowest BCUT2D eigenvalue weighted by Crippen LogP contribution is -2.33. The molecule has 6 nitrogen and oxygen atoms in total. The number of benzene rings is 3. The summed E-state index contributed by atoms with van der Waals surface area (Å²) in [6.45, 7) is 2.29. The first-order valence-electron chi connectivity index (χ1n) is 10.2. The number of imide groups is 1. The summed E-state index contributed by atoms with van der Waals surface area (Å²) in [7, 11) is 1.43. The molecule has 1 heterocycles. The molecule has 0 radical (unpaired) electrons. The van der Waals surface area contributed by atoms with Crippen molar-refractivity contribution in [3.63, 3.8) is 0 Å². The van der Waals surface area contributed by atoms with Crippen LogP contribution in [0.3, 0.4) is 0 Å². The molecule has 3 aromatic rings. The van der Waals surface area contributed by atoms with Crippen molar-refractivity contribution < 1.29 is 27.8 Å². The molecule has 1 N–H and O–H groups in total. The molecule has 4 rings (SSSR count). The maximum atomic E-state index is 14.5. The molecule has 0 saturated heterocycles. The van der Waals surface area contributed by atoms with Gasteiger partial charge in [-0.3, -0.25) is 9.59 Å². The van der Waals surface area contributed by atoms with Crippen LogP contribution in [0.5, 0.6) is 11.5 Å². The molecule has 0 fully saturated rings. The van der Waals surface area contributed by atoms with E-state index in [0.717, 1.165) is 18.2 Å². The first kappa shape index (κ1) is 22.0. The SMILES string of the molecule is CCOc1cccc(NC2=C(c3ccccc3OC)C(=O)N(c3cc(F)ccc3F)C2=O)c1. The highest BCUT2D eigenvalue weighted by Crippen LogP contribution is 2.38. The zero-order valence-electron chi connectivity index (χ0n) is 17.9. The summed E-state index contributed by atoms with van der Waals surface area (Å²) in [5.74, 6) is -2.41. The number of nitrogens with zero attached hydrogens (tertiary/aromatic N) is 1. The third-order valence-corrected chi connectivity index (χ3v) is 5.02. The van der Waals surface area contributed by atoms with Gasteiger partial charge in [-0.15, -0.1) is 0 Å². The summed E-state index contributed by atoms with van der Waals surface area (Å²) in [6.07, 6.45) is 0. The lowest BCUT2D eigenvalue weighted by atomic mass is 10.0. The summed E-state index contributed by atoms with van der Waals surface area (Å²) in [4.78, 5) is 27.5. The van der Waals surface area contributed by atoms with Crippen LogP contribution in [-0.2, 0) is 9.59 Å². The van der Waals surface area contributed by atoms with Crippen molar-refractivity contribution in [3.05, 3.63) is 89.6 Å². The molecule has 0 atom stereocenters. The smallest absolute Gasteiger partial charge is 0.282 e. The minimum Gasteiger partial charge on any atom is -0.496 e. The van der Waals surface area contributed by atoms with Crippen molar-refractivity contribution in [2.75, 3.05) is 23.9 Å². The number of hydrogen-bond donors (Lipinski definition) is 1. The van der Waals surface area contributed by atoms with Crippen molar-refractivity contribution in [1.82, 2.24) is 0 Å². The second kappa shape index (κ2) is 9.12. The summed E-state index contributed by atoms with van der Waals surface area (Å²) in [5.41, 5.74) is 0.217. The van der Waals surface area contributed by atoms with E-state index < -0.39 is 29.1 Å². The first-order chi connectivity index (χ1) is 15.9. The minimum absolute atomic E-state index is 0.0251. The van der Waals surface area contributed by atoms with Gasteiger partial charge in [0, 0.05) is 23.4 Å². The van der Waals surface area contributed by atoms with Gasteiger partial charge in [0.1, 0.15) is 28.8 Å². The van der Waals surface area contributed by atoms with Gasteiger partial charge < -0.3 is 14.8 Å². The van der Waals surface area contributed by atoms with Gasteiger partial charge in [0.2, 0.25) is 0 Å². The fraction of sp³-hybridized carbons (Fsp3) is 0.120. The number of rotatable bonds is 7. The van der Waals surface area contributed by atoms with Crippen LogP contribution in [0.4, 0.5) is 20.2 Å². The Morgan fingerprint density at radius 3 is 2.48 bits per heavy atom. The third-order valence-electron chi connectivity index (χ3n) is 5.02. The average molecular weight is 450 g/mol. The maximum absolute atomic E-state index is 14.5. The number of nitrogens with one attached hydrogen (secondary N) is 1. The van der Waals surface area contributed by atoms with E-state index in [9.17, 15) is 18.4 Å². The van der Waals surface area contributed by atoms with E-state index in [4.69, 9.17) is 9.47 Å². The number of methoxy groups -OCH3 is 1. The predicted octanol–water partition coefficient (Wildman–Crippen LogP) is 4.77. The quantitative estimate of drug-likeness (QED) is 0.526. The van der Waals surface area contributed by atoms with Gasteiger partial charge in [0.05, 0.1) is 25.0 Å². The zero-order chi connectivity index (χ0) is 23.5. The minimum atomic E-state index is -0.905. The van der Waals surface area contributed by atoms with Crippen LogP contribution in [0, 0.1) is 11.6 Å². The van der Waals surface area contributed by atoms with E-state index in [0.29, 0.717) is 34.3 Å². The molecule has 2 amide bonds. The molecular formula is C25H20F2N2O4. The number of anilines is 2. The van der Waals surface area contributed by atoms with Gasteiger partial charge in [-0.05, 0) is 37.3 Å². The molecule has 3 aromatic carbocycles. The molecule has 0 unspecified atom stereocenters.